The minimum absolute atomic E-state index is 0.0763. The van der Waals surface area contributed by atoms with Crippen molar-refractivity contribution in [1.29, 1.82) is 0 Å². The van der Waals surface area contributed by atoms with Crippen LogP contribution in [-0.4, -0.2) is 32.0 Å². The lowest BCUT2D eigenvalue weighted by atomic mass is 10.1. The van der Waals surface area contributed by atoms with Gasteiger partial charge in [-0.05, 0) is 38.7 Å². The number of rotatable bonds is 11. The van der Waals surface area contributed by atoms with Crippen LogP contribution >= 0.6 is 0 Å². The number of carbonyl (C=O) groups excluding carboxylic acids is 1. The van der Waals surface area contributed by atoms with Crippen molar-refractivity contribution in [2.75, 3.05) is 19.8 Å². The van der Waals surface area contributed by atoms with Crippen LogP contribution < -0.4 is 5.32 Å². The molecule has 1 aromatic carbocycles. The maximum atomic E-state index is 11.8. The van der Waals surface area contributed by atoms with Gasteiger partial charge in [0.2, 0.25) is 5.91 Å². The molecule has 0 radical (unpaired) electrons. The molecule has 0 spiro atoms. The number of amides is 1. The van der Waals surface area contributed by atoms with Crippen LogP contribution in [0.1, 0.15) is 38.7 Å². The van der Waals surface area contributed by atoms with Crippen molar-refractivity contribution in [1.82, 2.24) is 5.32 Å². The molecule has 0 aliphatic carbocycles. The van der Waals surface area contributed by atoms with E-state index in [-0.39, 0.29) is 12.2 Å². The molecule has 4 heteroatoms. The lowest BCUT2D eigenvalue weighted by Gasteiger charge is -2.16. The number of benzene rings is 1. The second-order valence-corrected chi connectivity index (χ2v) is 4.85. The molecular formula is C17H27NO3. The molecule has 4 nitrogen and oxygen atoms in total. The van der Waals surface area contributed by atoms with Gasteiger partial charge in [-0.15, -0.1) is 0 Å². The van der Waals surface area contributed by atoms with E-state index in [0.29, 0.717) is 26.2 Å². The van der Waals surface area contributed by atoms with E-state index in [9.17, 15) is 4.79 Å². The van der Waals surface area contributed by atoms with E-state index in [4.69, 9.17) is 9.47 Å². The molecule has 21 heavy (non-hydrogen) atoms. The zero-order valence-electron chi connectivity index (χ0n) is 13.1. The van der Waals surface area contributed by atoms with E-state index in [1.807, 2.05) is 44.2 Å². The molecule has 1 aromatic rings. The van der Waals surface area contributed by atoms with Gasteiger partial charge < -0.3 is 14.8 Å². The molecule has 0 aliphatic heterocycles. The minimum Gasteiger partial charge on any atom is -0.356 e. The van der Waals surface area contributed by atoms with Crippen LogP contribution in [0.3, 0.4) is 0 Å². The summed E-state index contributed by atoms with van der Waals surface area (Å²) in [7, 11) is 0. The van der Waals surface area contributed by atoms with Gasteiger partial charge in [0.15, 0.2) is 6.29 Å². The highest BCUT2D eigenvalue weighted by Crippen LogP contribution is 2.06. The lowest BCUT2D eigenvalue weighted by Crippen LogP contribution is -2.26. The Bertz CT molecular complexity index is 375. The molecule has 0 fully saturated rings. The third-order valence-electron chi connectivity index (χ3n) is 3.10. The SMILES string of the molecule is CCOC(CCCCNC(=O)Cc1ccccc1)OCC. The summed E-state index contributed by atoms with van der Waals surface area (Å²) in [5.74, 6) is 0.0763. The minimum atomic E-state index is -0.111. The first-order valence-electron chi connectivity index (χ1n) is 7.80. The highest BCUT2D eigenvalue weighted by Gasteiger charge is 2.07. The number of ether oxygens (including phenoxy) is 2. The van der Waals surface area contributed by atoms with Gasteiger partial charge in [0.05, 0.1) is 6.42 Å². The molecule has 0 bridgehead atoms. The van der Waals surface area contributed by atoms with Crippen molar-refractivity contribution in [2.24, 2.45) is 0 Å². The van der Waals surface area contributed by atoms with Gasteiger partial charge in [0.25, 0.3) is 0 Å². The van der Waals surface area contributed by atoms with Crippen molar-refractivity contribution in [3.8, 4) is 0 Å². The molecule has 1 rings (SSSR count). The summed E-state index contributed by atoms with van der Waals surface area (Å²) in [4.78, 5) is 11.8. The van der Waals surface area contributed by atoms with Gasteiger partial charge in [-0.3, -0.25) is 4.79 Å². The second-order valence-electron chi connectivity index (χ2n) is 4.85. The van der Waals surface area contributed by atoms with Crippen LogP contribution in [0, 0.1) is 0 Å². The smallest absolute Gasteiger partial charge is 0.224 e. The first kappa shape index (κ1) is 17.7. The Balaban J connectivity index is 2.09. The summed E-state index contributed by atoms with van der Waals surface area (Å²) in [5.41, 5.74) is 1.04. The molecule has 0 aliphatic rings. The number of carbonyl (C=O) groups is 1. The zero-order chi connectivity index (χ0) is 15.3. The van der Waals surface area contributed by atoms with Crippen molar-refractivity contribution in [2.45, 2.75) is 45.8 Å². The van der Waals surface area contributed by atoms with Gasteiger partial charge in [-0.2, -0.15) is 0 Å². The van der Waals surface area contributed by atoms with E-state index in [0.717, 1.165) is 24.8 Å². The number of unbranched alkanes of at least 4 members (excludes halogenated alkanes) is 1. The molecule has 0 atom stereocenters. The summed E-state index contributed by atoms with van der Waals surface area (Å²) >= 11 is 0. The fraction of sp³-hybridized carbons (Fsp3) is 0.588. The molecule has 1 amide bonds. The average Bonchev–Trinajstić information content (AvgIpc) is 2.48. The van der Waals surface area contributed by atoms with Crippen molar-refractivity contribution in [3.05, 3.63) is 35.9 Å². The van der Waals surface area contributed by atoms with E-state index in [1.54, 1.807) is 0 Å². The van der Waals surface area contributed by atoms with E-state index < -0.39 is 0 Å². The molecule has 118 valence electrons. The summed E-state index contributed by atoms with van der Waals surface area (Å²) < 4.78 is 11.0. The zero-order valence-corrected chi connectivity index (χ0v) is 13.1. The molecule has 0 saturated carbocycles. The van der Waals surface area contributed by atoms with Gasteiger partial charge in [-0.1, -0.05) is 30.3 Å². The fourth-order valence-electron chi connectivity index (χ4n) is 2.09. The molecule has 0 heterocycles. The van der Waals surface area contributed by atoms with Crippen molar-refractivity contribution >= 4 is 5.91 Å². The number of hydrogen-bond donors (Lipinski definition) is 1. The van der Waals surface area contributed by atoms with Crippen LogP contribution in [0.2, 0.25) is 0 Å². The Hall–Kier alpha value is -1.39. The normalized spacial score (nSPS) is 10.8. The van der Waals surface area contributed by atoms with Gasteiger partial charge in [0, 0.05) is 19.8 Å². The van der Waals surface area contributed by atoms with Crippen molar-refractivity contribution in [3.63, 3.8) is 0 Å². The van der Waals surface area contributed by atoms with E-state index in [2.05, 4.69) is 5.32 Å². The quantitative estimate of drug-likeness (QED) is 0.504. The predicted octanol–water partition coefficient (Wildman–Crippen LogP) is 2.91. The highest BCUT2D eigenvalue weighted by atomic mass is 16.7. The predicted molar refractivity (Wildman–Crippen MR) is 84.0 cm³/mol. The van der Waals surface area contributed by atoms with Crippen LogP contribution in [-0.2, 0) is 20.7 Å². The fourth-order valence-corrected chi connectivity index (χ4v) is 2.09. The Labute approximate surface area is 127 Å². The lowest BCUT2D eigenvalue weighted by molar-refractivity contribution is -0.140. The summed E-state index contributed by atoms with van der Waals surface area (Å²) in [5, 5.41) is 2.95. The summed E-state index contributed by atoms with van der Waals surface area (Å²) in [6.45, 7) is 5.97. The molecule has 1 N–H and O–H groups in total. The topological polar surface area (TPSA) is 47.6 Å². The highest BCUT2D eigenvalue weighted by molar-refractivity contribution is 5.78. The van der Waals surface area contributed by atoms with Gasteiger partial charge >= 0.3 is 0 Å². The largest absolute Gasteiger partial charge is 0.356 e. The van der Waals surface area contributed by atoms with Crippen LogP contribution in [0.5, 0.6) is 0 Å². The van der Waals surface area contributed by atoms with Crippen LogP contribution in [0.4, 0.5) is 0 Å². The Kier molecular flexibility index (Phi) is 9.49. The van der Waals surface area contributed by atoms with Crippen LogP contribution in [0.25, 0.3) is 0 Å². The van der Waals surface area contributed by atoms with Gasteiger partial charge in [-0.25, -0.2) is 0 Å². The Morgan fingerprint density at radius 3 is 2.38 bits per heavy atom. The molecule has 0 aromatic heterocycles. The first-order chi connectivity index (χ1) is 10.3. The first-order valence-corrected chi connectivity index (χ1v) is 7.80. The number of nitrogens with one attached hydrogen (secondary N) is 1. The van der Waals surface area contributed by atoms with E-state index in [1.165, 1.54) is 0 Å². The Morgan fingerprint density at radius 1 is 1.10 bits per heavy atom. The molecular weight excluding hydrogens is 266 g/mol. The second kappa shape index (κ2) is 11.3. The van der Waals surface area contributed by atoms with E-state index >= 15 is 0 Å². The maximum Gasteiger partial charge on any atom is 0.224 e. The molecule has 0 saturated heterocycles. The third kappa shape index (κ3) is 8.48. The third-order valence-corrected chi connectivity index (χ3v) is 3.10. The summed E-state index contributed by atoms with van der Waals surface area (Å²) in [6.07, 6.45) is 3.13. The summed E-state index contributed by atoms with van der Waals surface area (Å²) in [6, 6.07) is 9.78. The monoisotopic (exact) mass is 293 g/mol. The maximum absolute atomic E-state index is 11.8. The molecule has 0 unspecified atom stereocenters. The Morgan fingerprint density at radius 2 is 1.76 bits per heavy atom. The number of hydrogen-bond acceptors (Lipinski definition) is 3. The van der Waals surface area contributed by atoms with Crippen LogP contribution in [0.15, 0.2) is 30.3 Å². The average molecular weight is 293 g/mol. The van der Waals surface area contributed by atoms with Gasteiger partial charge in [0.1, 0.15) is 0 Å². The standard InChI is InChI=1S/C17H27NO3/c1-3-20-17(21-4-2)12-8-9-13-18-16(19)14-15-10-6-5-7-11-15/h5-7,10-11,17H,3-4,8-9,12-14H2,1-2H3,(H,18,19). The van der Waals surface area contributed by atoms with Crippen molar-refractivity contribution < 1.29 is 14.3 Å².